The van der Waals surface area contributed by atoms with Crippen molar-refractivity contribution in [3.8, 4) is 5.75 Å². The zero-order chi connectivity index (χ0) is 24.0. The molecule has 0 saturated carbocycles. The number of pyridine rings is 1. The first kappa shape index (κ1) is 24.6. The summed E-state index contributed by atoms with van der Waals surface area (Å²) in [5.74, 6) is 0.771. The fraction of sp³-hybridized carbons (Fsp3) is 0.500. The molecule has 2 aromatic rings. The lowest BCUT2D eigenvalue weighted by atomic mass is 9.99. The van der Waals surface area contributed by atoms with Gasteiger partial charge in [-0.1, -0.05) is 6.07 Å². The van der Waals surface area contributed by atoms with Crippen LogP contribution in [0.3, 0.4) is 0 Å². The summed E-state index contributed by atoms with van der Waals surface area (Å²) >= 11 is 0. The summed E-state index contributed by atoms with van der Waals surface area (Å²) in [7, 11) is 0. The van der Waals surface area contributed by atoms with Crippen LogP contribution < -0.4 is 10.1 Å². The van der Waals surface area contributed by atoms with E-state index in [0.717, 1.165) is 41.7 Å². The van der Waals surface area contributed by atoms with Crippen LogP contribution in [0.25, 0.3) is 0 Å². The Balaban J connectivity index is 1.68. The van der Waals surface area contributed by atoms with Gasteiger partial charge in [0.15, 0.2) is 0 Å². The number of piperidine rings is 1. The summed E-state index contributed by atoms with van der Waals surface area (Å²) in [5, 5.41) is 2.83. The van der Waals surface area contributed by atoms with Crippen molar-refractivity contribution < 1.29 is 19.1 Å². The number of benzene rings is 1. The van der Waals surface area contributed by atoms with Gasteiger partial charge in [0.2, 0.25) is 0 Å². The lowest BCUT2D eigenvalue weighted by molar-refractivity contribution is 0.0462. The Kier molecular flexibility index (Phi) is 7.95. The molecule has 3 rings (SSSR count). The lowest BCUT2D eigenvalue weighted by Gasteiger charge is -2.36. The maximum atomic E-state index is 13.4. The van der Waals surface area contributed by atoms with E-state index in [1.54, 1.807) is 12.4 Å². The van der Waals surface area contributed by atoms with Crippen LogP contribution in [0.5, 0.6) is 5.75 Å². The first-order valence-corrected chi connectivity index (χ1v) is 11.5. The highest BCUT2D eigenvalue weighted by molar-refractivity contribution is 5.95. The summed E-state index contributed by atoms with van der Waals surface area (Å²) in [6.07, 6.45) is 5.90. The van der Waals surface area contributed by atoms with Gasteiger partial charge in [-0.05, 0) is 83.2 Å². The number of rotatable bonds is 6. The molecule has 0 aliphatic carbocycles. The van der Waals surface area contributed by atoms with Gasteiger partial charge in [0.1, 0.15) is 18.0 Å². The highest BCUT2D eigenvalue weighted by Crippen LogP contribution is 2.28. The minimum absolute atomic E-state index is 0.0179. The summed E-state index contributed by atoms with van der Waals surface area (Å²) in [6, 6.07) is 7.58. The van der Waals surface area contributed by atoms with Gasteiger partial charge in [-0.2, -0.15) is 0 Å². The Bertz CT molecular complexity index is 946. The van der Waals surface area contributed by atoms with E-state index in [4.69, 9.17) is 9.47 Å². The van der Waals surface area contributed by atoms with Crippen molar-refractivity contribution in [1.82, 2.24) is 15.2 Å². The molecule has 1 atom stereocenters. The van der Waals surface area contributed by atoms with Crippen LogP contribution in [0.1, 0.15) is 67.1 Å². The van der Waals surface area contributed by atoms with E-state index in [1.165, 1.54) is 0 Å². The van der Waals surface area contributed by atoms with Crippen molar-refractivity contribution in [2.45, 2.75) is 72.1 Å². The first-order valence-electron chi connectivity index (χ1n) is 11.5. The van der Waals surface area contributed by atoms with Gasteiger partial charge in [-0.15, -0.1) is 0 Å². The minimum atomic E-state index is -0.554. The zero-order valence-electron chi connectivity index (χ0n) is 20.3. The number of likely N-dealkylation sites (tertiary alicyclic amines) is 1. The van der Waals surface area contributed by atoms with Crippen molar-refractivity contribution in [1.29, 1.82) is 0 Å². The third-order valence-electron chi connectivity index (χ3n) is 5.58. The van der Waals surface area contributed by atoms with Crippen molar-refractivity contribution in [2.75, 3.05) is 13.1 Å². The SMILES string of the molecule is Cc1cc(C(=O)N2CCCCC2CNC(=O)OC(C)(C)C)cc(C)c1OCc1cccnc1. The maximum Gasteiger partial charge on any atom is 0.407 e. The van der Waals surface area contributed by atoms with Gasteiger partial charge in [0, 0.05) is 42.7 Å². The Morgan fingerprint density at radius 3 is 2.55 bits per heavy atom. The van der Waals surface area contributed by atoms with Gasteiger partial charge in [-0.3, -0.25) is 9.78 Å². The largest absolute Gasteiger partial charge is 0.488 e. The van der Waals surface area contributed by atoms with Crippen LogP contribution in [-0.2, 0) is 11.3 Å². The number of carbonyl (C=O) groups excluding carboxylic acids is 2. The van der Waals surface area contributed by atoms with Gasteiger partial charge >= 0.3 is 6.09 Å². The van der Waals surface area contributed by atoms with E-state index in [1.807, 2.05) is 63.8 Å². The van der Waals surface area contributed by atoms with Crippen LogP contribution in [0.15, 0.2) is 36.7 Å². The van der Waals surface area contributed by atoms with Crippen LogP contribution in [0.4, 0.5) is 4.79 Å². The summed E-state index contributed by atoms with van der Waals surface area (Å²) in [4.78, 5) is 31.5. The fourth-order valence-corrected chi connectivity index (χ4v) is 4.10. The van der Waals surface area contributed by atoms with Crippen molar-refractivity contribution in [2.24, 2.45) is 0 Å². The molecule has 2 amide bonds. The molecule has 178 valence electrons. The number of amides is 2. The molecule has 1 unspecified atom stereocenters. The van der Waals surface area contributed by atoms with Crippen LogP contribution in [-0.4, -0.2) is 46.6 Å². The number of aromatic nitrogens is 1. The summed E-state index contributed by atoms with van der Waals surface area (Å²) in [5.41, 5.74) is 2.92. The van der Waals surface area contributed by atoms with Gasteiger partial charge in [0.05, 0.1) is 0 Å². The molecular weight excluding hydrogens is 418 g/mol. The highest BCUT2D eigenvalue weighted by atomic mass is 16.6. The second-order valence-corrected chi connectivity index (χ2v) is 9.62. The predicted octanol–water partition coefficient (Wildman–Crippen LogP) is 4.80. The van der Waals surface area contributed by atoms with Gasteiger partial charge < -0.3 is 19.7 Å². The normalized spacial score (nSPS) is 16.3. The summed E-state index contributed by atoms with van der Waals surface area (Å²) in [6.45, 7) is 10.9. The quantitative estimate of drug-likeness (QED) is 0.680. The number of alkyl carbamates (subject to hydrolysis) is 1. The molecule has 1 fully saturated rings. The number of carbonyl (C=O) groups is 2. The first-order chi connectivity index (χ1) is 15.6. The molecule has 0 spiro atoms. The van der Waals surface area contributed by atoms with Gasteiger partial charge in [-0.25, -0.2) is 4.79 Å². The van der Waals surface area contributed by atoms with E-state index in [2.05, 4.69) is 10.3 Å². The Hall–Kier alpha value is -3.09. The molecule has 7 heteroatoms. The van der Waals surface area contributed by atoms with Crippen LogP contribution in [0, 0.1) is 13.8 Å². The molecule has 33 heavy (non-hydrogen) atoms. The van der Waals surface area contributed by atoms with E-state index >= 15 is 0 Å². The summed E-state index contributed by atoms with van der Waals surface area (Å²) < 4.78 is 11.4. The van der Waals surface area contributed by atoms with E-state index < -0.39 is 11.7 Å². The lowest BCUT2D eigenvalue weighted by Crippen LogP contribution is -2.50. The minimum Gasteiger partial charge on any atom is -0.488 e. The molecule has 1 aliphatic heterocycles. The third-order valence-corrected chi connectivity index (χ3v) is 5.58. The average molecular weight is 454 g/mol. The topological polar surface area (TPSA) is 80.8 Å². The Morgan fingerprint density at radius 1 is 1.18 bits per heavy atom. The molecule has 1 aliphatic rings. The standard InChI is InChI=1S/C26H35N3O4/c1-18-13-21(14-19(2)23(18)32-17-20-9-8-11-27-15-20)24(30)29-12-7-6-10-22(29)16-28-25(31)33-26(3,4)5/h8-9,11,13-15,22H,6-7,10,12,16-17H2,1-5H3,(H,28,31). The molecule has 0 bridgehead atoms. The molecule has 1 saturated heterocycles. The maximum absolute atomic E-state index is 13.4. The molecule has 0 radical (unpaired) electrons. The van der Waals surface area contributed by atoms with Crippen LogP contribution >= 0.6 is 0 Å². The third kappa shape index (κ3) is 6.94. The van der Waals surface area contributed by atoms with E-state index in [0.29, 0.717) is 25.3 Å². The number of nitrogens with zero attached hydrogens (tertiary/aromatic N) is 2. The van der Waals surface area contributed by atoms with Crippen LogP contribution in [0.2, 0.25) is 0 Å². The number of aryl methyl sites for hydroxylation is 2. The predicted molar refractivity (Wildman–Crippen MR) is 127 cm³/mol. The molecule has 2 heterocycles. The van der Waals surface area contributed by atoms with E-state index in [9.17, 15) is 9.59 Å². The van der Waals surface area contributed by atoms with Crippen molar-refractivity contribution in [3.05, 3.63) is 58.9 Å². The molecule has 1 N–H and O–H groups in total. The van der Waals surface area contributed by atoms with Crippen molar-refractivity contribution >= 4 is 12.0 Å². The molecular formula is C26H35N3O4. The monoisotopic (exact) mass is 453 g/mol. The number of nitrogens with one attached hydrogen (secondary N) is 1. The Morgan fingerprint density at radius 2 is 1.91 bits per heavy atom. The number of ether oxygens (including phenoxy) is 2. The van der Waals surface area contributed by atoms with Gasteiger partial charge in [0.25, 0.3) is 5.91 Å². The number of hydrogen-bond donors (Lipinski definition) is 1. The average Bonchev–Trinajstić information content (AvgIpc) is 2.76. The number of hydrogen-bond acceptors (Lipinski definition) is 5. The highest BCUT2D eigenvalue weighted by Gasteiger charge is 2.29. The molecule has 1 aromatic carbocycles. The van der Waals surface area contributed by atoms with Crippen molar-refractivity contribution in [3.63, 3.8) is 0 Å². The molecule has 7 nitrogen and oxygen atoms in total. The fourth-order valence-electron chi connectivity index (χ4n) is 4.10. The second kappa shape index (κ2) is 10.7. The smallest absolute Gasteiger partial charge is 0.407 e. The van der Waals surface area contributed by atoms with E-state index in [-0.39, 0.29) is 11.9 Å². The zero-order valence-corrected chi connectivity index (χ0v) is 20.3. The second-order valence-electron chi connectivity index (χ2n) is 9.62. The molecule has 1 aromatic heterocycles. The Labute approximate surface area is 196 Å².